The van der Waals surface area contributed by atoms with Gasteiger partial charge in [-0.15, -0.1) is 0 Å². The summed E-state index contributed by atoms with van der Waals surface area (Å²) in [6, 6.07) is 1.33. The second-order valence-corrected chi connectivity index (χ2v) is 10.8. The molecule has 12 heteroatoms. The maximum atomic E-state index is 12.7. The summed E-state index contributed by atoms with van der Waals surface area (Å²) in [5.41, 5.74) is 2.14. The molecule has 1 fully saturated rings. The lowest BCUT2D eigenvalue weighted by molar-refractivity contribution is -0.131. The molecule has 0 saturated heterocycles. The number of ether oxygens (including phenoxy) is 1. The van der Waals surface area contributed by atoms with Crippen molar-refractivity contribution in [3.63, 3.8) is 0 Å². The third-order valence-electron chi connectivity index (χ3n) is 5.91. The highest BCUT2D eigenvalue weighted by molar-refractivity contribution is 7.92. The van der Waals surface area contributed by atoms with Crippen molar-refractivity contribution in [1.82, 2.24) is 14.9 Å². The van der Waals surface area contributed by atoms with Gasteiger partial charge in [-0.1, -0.05) is 11.8 Å². The lowest BCUT2D eigenvalue weighted by atomic mass is 10.1. The first-order chi connectivity index (χ1) is 15.4. The number of nitrogens with zero attached hydrogens (tertiary/aromatic N) is 2. The number of carboxylic acid groups (broad SMARTS) is 1. The van der Waals surface area contributed by atoms with Crippen LogP contribution in [0.1, 0.15) is 37.4 Å². The summed E-state index contributed by atoms with van der Waals surface area (Å²) in [5.74, 6) is 10.1. The summed E-state index contributed by atoms with van der Waals surface area (Å²) in [6.45, 7) is 1.41. The van der Waals surface area contributed by atoms with Gasteiger partial charge in [0.05, 0.1) is 12.0 Å². The van der Waals surface area contributed by atoms with Crippen molar-refractivity contribution in [3.8, 4) is 23.7 Å². The van der Waals surface area contributed by atoms with Gasteiger partial charge >= 0.3 is 12.2 Å². The van der Waals surface area contributed by atoms with E-state index in [-0.39, 0.29) is 32.1 Å². The molecule has 1 aromatic heterocycles. The number of hydrogen-bond donors (Lipinski definition) is 3. The van der Waals surface area contributed by atoms with Crippen LogP contribution in [-0.2, 0) is 25.9 Å². The van der Waals surface area contributed by atoms with Gasteiger partial charge in [0.25, 0.3) is 5.91 Å². The Bertz CT molecular complexity index is 1220. The highest BCUT2D eigenvalue weighted by atomic mass is 32.2. The van der Waals surface area contributed by atoms with Gasteiger partial charge in [-0.3, -0.25) is 14.6 Å². The number of hydrogen-bond acceptors (Lipinski definition) is 7. The van der Waals surface area contributed by atoms with E-state index in [1.807, 2.05) is 0 Å². The highest BCUT2D eigenvalue weighted by Gasteiger charge is 2.44. The fraction of sp³-hybridized carbons (Fsp3) is 0.476. The molecule has 1 saturated carbocycles. The number of carbonyl (C=O) groups is 3. The van der Waals surface area contributed by atoms with E-state index in [0.717, 1.165) is 19.1 Å². The van der Waals surface area contributed by atoms with Crippen molar-refractivity contribution in [3.05, 3.63) is 23.5 Å². The lowest BCUT2D eigenvalue weighted by Gasteiger charge is -2.27. The summed E-state index contributed by atoms with van der Waals surface area (Å²) in [6.07, 6.45) is 2.41. The summed E-state index contributed by atoms with van der Waals surface area (Å²) in [7, 11) is -3.86. The van der Waals surface area contributed by atoms with Gasteiger partial charge in [-0.05, 0) is 44.1 Å². The molecule has 2 aliphatic rings. The van der Waals surface area contributed by atoms with Crippen molar-refractivity contribution in [2.75, 3.05) is 19.4 Å². The Hall–Kier alpha value is -3.48. The number of hydroxylamine groups is 1. The third kappa shape index (κ3) is 5.13. The smallest absolute Gasteiger partial charge is 0.450 e. The van der Waals surface area contributed by atoms with Crippen LogP contribution in [0.4, 0.5) is 9.59 Å². The standard InChI is InChI=1S/C21H23N3O8S/c1-20(17(25)22-29,33(2,30)31)9-10-23-13-16-11-15(12-24(16)18(23)26)5-3-4-6-21(7-8-21)14-32-19(27)28/h11-12,29H,7-10,13-14H2,1-2H3,(H,22,25)(H,27,28)/t20-/m1/s1. The molecule has 2 heterocycles. The molecule has 3 rings (SSSR count). The maximum absolute atomic E-state index is 12.7. The van der Waals surface area contributed by atoms with Gasteiger partial charge in [-0.25, -0.2) is 23.5 Å². The number of sulfone groups is 1. The van der Waals surface area contributed by atoms with Crippen LogP contribution in [-0.4, -0.2) is 70.4 Å². The minimum absolute atomic E-state index is 0.00944. The number of nitrogens with one attached hydrogen (secondary N) is 1. The number of rotatable bonds is 7. The number of aromatic nitrogens is 1. The Morgan fingerprint density at radius 1 is 1.33 bits per heavy atom. The molecule has 11 nitrogen and oxygen atoms in total. The number of fused-ring (bicyclic) bond motifs is 1. The monoisotopic (exact) mass is 477 g/mol. The van der Waals surface area contributed by atoms with Crippen molar-refractivity contribution in [2.45, 2.75) is 37.5 Å². The second kappa shape index (κ2) is 8.81. The van der Waals surface area contributed by atoms with E-state index in [0.29, 0.717) is 11.3 Å². The fourth-order valence-electron chi connectivity index (χ4n) is 3.32. The number of carbonyl (C=O) groups excluding carboxylic acids is 2. The second-order valence-electron chi connectivity index (χ2n) is 8.32. The van der Waals surface area contributed by atoms with Gasteiger partial charge in [0, 0.05) is 30.3 Å². The Morgan fingerprint density at radius 3 is 2.58 bits per heavy atom. The molecule has 3 N–H and O–H groups in total. The van der Waals surface area contributed by atoms with Gasteiger partial charge in [0.1, 0.15) is 6.61 Å². The third-order valence-corrected chi connectivity index (χ3v) is 7.94. The SMILES string of the molecule is C[C@@](CCN1Cc2cc(C#CC#CC3(COC(=O)O)CC3)cn2C1=O)(C(=O)NO)S(C)(=O)=O. The fourth-order valence-corrected chi connectivity index (χ4v) is 4.17. The van der Waals surface area contributed by atoms with Gasteiger partial charge in [0.15, 0.2) is 14.6 Å². The quantitative estimate of drug-likeness (QED) is 0.225. The molecule has 2 amide bonds. The predicted molar refractivity (Wildman–Crippen MR) is 114 cm³/mol. The maximum Gasteiger partial charge on any atom is 0.505 e. The summed E-state index contributed by atoms with van der Waals surface area (Å²) < 4.78 is 28.2. The molecule has 0 unspecified atom stereocenters. The normalized spacial score (nSPS) is 17.5. The molecule has 1 atom stereocenters. The zero-order chi connectivity index (χ0) is 24.4. The first-order valence-corrected chi connectivity index (χ1v) is 11.8. The largest absolute Gasteiger partial charge is 0.505 e. The molecule has 0 aromatic carbocycles. The van der Waals surface area contributed by atoms with E-state index >= 15 is 0 Å². The average molecular weight is 477 g/mol. The predicted octanol–water partition coefficient (Wildman–Crippen LogP) is 0.800. The molecule has 0 spiro atoms. The lowest BCUT2D eigenvalue weighted by Crippen LogP contribution is -2.50. The van der Waals surface area contributed by atoms with E-state index in [1.165, 1.54) is 21.9 Å². The molecule has 0 radical (unpaired) electrons. The Kier molecular flexibility index (Phi) is 6.45. The van der Waals surface area contributed by atoms with Crippen LogP contribution in [0.25, 0.3) is 0 Å². The van der Waals surface area contributed by atoms with Crippen LogP contribution < -0.4 is 5.48 Å². The van der Waals surface area contributed by atoms with E-state index in [2.05, 4.69) is 28.4 Å². The topological polar surface area (TPSA) is 155 Å². The summed E-state index contributed by atoms with van der Waals surface area (Å²) in [5, 5.41) is 17.5. The van der Waals surface area contributed by atoms with Crippen LogP contribution in [0.3, 0.4) is 0 Å². The minimum Gasteiger partial charge on any atom is -0.450 e. The molecule has 0 bridgehead atoms. The molecular weight excluding hydrogens is 454 g/mol. The molecular formula is C21H23N3O8S. The van der Waals surface area contributed by atoms with Crippen LogP contribution in [0.2, 0.25) is 0 Å². The van der Waals surface area contributed by atoms with Crippen molar-refractivity contribution in [1.29, 1.82) is 0 Å². The summed E-state index contributed by atoms with van der Waals surface area (Å²) in [4.78, 5) is 36.5. The Morgan fingerprint density at radius 2 is 2.03 bits per heavy atom. The van der Waals surface area contributed by atoms with Crippen LogP contribution in [0.5, 0.6) is 0 Å². The molecule has 1 aromatic rings. The molecule has 176 valence electrons. The van der Waals surface area contributed by atoms with E-state index in [4.69, 9.17) is 10.3 Å². The van der Waals surface area contributed by atoms with E-state index in [1.54, 1.807) is 12.3 Å². The average Bonchev–Trinajstić information content (AvgIpc) is 3.32. The summed E-state index contributed by atoms with van der Waals surface area (Å²) >= 11 is 0. The van der Waals surface area contributed by atoms with E-state index < -0.39 is 32.1 Å². The highest BCUT2D eigenvalue weighted by Crippen LogP contribution is 2.45. The van der Waals surface area contributed by atoms with Gasteiger partial charge in [0.2, 0.25) is 0 Å². The minimum atomic E-state index is -3.86. The first kappa shape index (κ1) is 24.2. The first-order valence-electron chi connectivity index (χ1n) is 9.94. The van der Waals surface area contributed by atoms with Gasteiger partial charge in [-0.2, -0.15) is 0 Å². The molecule has 1 aliphatic heterocycles. The Balaban J connectivity index is 1.63. The van der Waals surface area contributed by atoms with Crippen molar-refractivity contribution >= 4 is 27.9 Å². The van der Waals surface area contributed by atoms with Gasteiger partial charge < -0.3 is 14.7 Å². The van der Waals surface area contributed by atoms with Crippen LogP contribution >= 0.6 is 0 Å². The zero-order valence-electron chi connectivity index (χ0n) is 18.0. The Labute approximate surface area is 190 Å². The van der Waals surface area contributed by atoms with E-state index in [9.17, 15) is 22.8 Å². The number of amides is 2. The van der Waals surface area contributed by atoms with Crippen molar-refractivity contribution in [2.24, 2.45) is 5.41 Å². The molecule has 1 aliphatic carbocycles. The molecule has 33 heavy (non-hydrogen) atoms. The van der Waals surface area contributed by atoms with Crippen LogP contribution in [0.15, 0.2) is 12.3 Å². The van der Waals surface area contributed by atoms with Crippen LogP contribution in [0, 0.1) is 29.1 Å². The van der Waals surface area contributed by atoms with Crippen molar-refractivity contribution < 1.29 is 37.9 Å². The zero-order valence-corrected chi connectivity index (χ0v) is 18.9.